The Morgan fingerprint density at radius 1 is 1.17 bits per heavy atom. The molecule has 0 bridgehead atoms. The molecule has 0 aromatic heterocycles. The van der Waals surface area contributed by atoms with Crippen molar-refractivity contribution >= 4 is 23.2 Å². The monoisotopic (exact) mass is 436 g/mol. The lowest BCUT2D eigenvalue weighted by Gasteiger charge is -2.29. The lowest BCUT2D eigenvalue weighted by atomic mass is 10.1. The van der Waals surface area contributed by atoms with E-state index in [1.807, 2.05) is 13.8 Å². The number of hydrogen-bond donors (Lipinski definition) is 1. The van der Waals surface area contributed by atoms with Crippen LogP contribution in [0.1, 0.15) is 53.5 Å². The highest BCUT2D eigenvalue weighted by atomic mass is 35.5. The molecule has 0 atom stereocenters. The van der Waals surface area contributed by atoms with Crippen LogP contribution in [0.4, 0.5) is 0 Å². The van der Waals surface area contributed by atoms with Gasteiger partial charge in [0, 0.05) is 48.9 Å². The van der Waals surface area contributed by atoms with Crippen LogP contribution in [0.5, 0.6) is 0 Å². The normalized spacial score (nSPS) is 14.8. The standard InChI is InChI=1S/C19H26N2.C4H6Cl2.C2H6/c1-4-16(2)11-13-21(15-18-8-6-5-7-9-18)19-10-12-20-14-17(19)3;1-4(6)2-3-5;1-2/h4-9,11,13,20H,10,12,14-15H2,1-3H3;2H,3H2,1H3;1-2H3/b13-11+,16-4+;4-2+;. The van der Waals surface area contributed by atoms with Crippen LogP contribution in [-0.2, 0) is 6.54 Å². The zero-order chi connectivity index (χ0) is 22.1. The molecule has 0 saturated heterocycles. The Balaban J connectivity index is 0.000000841. The van der Waals surface area contributed by atoms with Crippen LogP contribution in [0.3, 0.4) is 0 Å². The number of nitrogens with one attached hydrogen (secondary N) is 1. The Kier molecular flexibility index (Phi) is 16.5. The lowest BCUT2D eigenvalue weighted by molar-refractivity contribution is 0.416. The average Bonchev–Trinajstić information content (AvgIpc) is 2.74. The molecule has 0 amide bonds. The van der Waals surface area contributed by atoms with Gasteiger partial charge in [-0.2, -0.15) is 0 Å². The summed E-state index contributed by atoms with van der Waals surface area (Å²) in [5.41, 5.74) is 5.54. The van der Waals surface area contributed by atoms with Crippen LogP contribution in [0.2, 0.25) is 0 Å². The van der Waals surface area contributed by atoms with Gasteiger partial charge in [-0.05, 0) is 44.9 Å². The van der Waals surface area contributed by atoms with Gasteiger partial charge in [-0.3, -0.25) is 0 Å². The summed E-state index contributed by atoms with van der Waals surface area (Å²) in [5.74, 6) is 0.509. The molecule has 1 aliphatic rings. The zero-order valence-electron chi connectivity index (χ0n) is 18.9. The van der Waals surface area contributed by atoms with Crippen molar-refractivity contribution < 1.29 is 0 Å². The Morgan fingerprint density at radius 2 is 1.83 bits per heavy atom. The number of benzene rings is 1. The summed E-state index contributed by atoms with van der Waals surface area (Å²) in [6.45, 7) is 15.2. The van der Waals surface area contributed by atoms with Crippen molar-refractivity contribution in [2.24, 2.45) is 0 Å². The molecule has 1 heterocycles. The van der Waals surface area contributed by atoms with Gasteiger partial charge >= 0.3 is 0 Å². The first-order valence-corrected chi connectivity index (χ1v) is 11.3. The van der Waals surface area contributed by atoms with Crippen molar-refractivity contribution in [3.8, 4) is 0 Å². The molecule has 162 valence electrons. The Morgan fingerprint density at radius 3 is 2.31 bits per heavy atom. The van der Waals surface area contributed by atoms with Crippen molar-refractivity contribution in [1.82, 2.24) is 10.2 Å². The molecule has 1 aromatic rings. The first kappa shape index (κ1) is 27.5. The number of alkyl halides is 1. The summed E-state index contributed by atoms with van der Waals surface area (Å²) in [5, 5.41) is 4.19. The van der Waals surface area contributed by atoms with Crippen molar-refractivity contribution in [2.75, 3.05) is 19.0 Å². The molecule has 0 radical (unpaired) electrons. The second-order valence-electron chi connectivity index (χ2n) is 6.56. The number of nitrogens with zero attached hydrogens (tertiary/aromatic N) is 1. The van der Waals surface area contributed by atoms with Crippen LogP contribution in [0.15, 0.2) is 76.6 Å². The summed E-state index contributed by atoms with van der Waals surface area (Å²) >= 11 is 10.6. The van der Waals surface area contributed by atoms with Crippen molar-refractivity contribution in [3.05, 3.63) is 82.2 Å². The van der Waals surface area contributed by atoms with E-state index in [2.05, 4.69) is 79.7 Å². The molecule has 0 aliphatic carbocycles. The molecule has 2 rings (SSSR count). The smallest absolute Gasteiger partial charge is 0.0472 e. The number of hydrogen-bond acceptors (Lipinski definition) is 2. The number of rotatable bonds is 6. The molecule has 2 nitrogen and oxygen atoms in total. The van der Waals surface area contributed by atoms with Crippen LogP contribution in [0, 0.1) is 0 Å². The SMILES string of the molecule is C/C(Cl)=C\CCl.C/C=C(C)/C=C/N(Cc1ccccc1)C1=C(C)CNCC1.CC. The largest absolute Gasteiger partial charge is 0.347 e. The van der Waals surface area contributed by atoms with Crippen molar-refractivity contribution in [3.63, 3.8) is 0 Å². The maximum absolute atomic E-state index is 5.35. The molecule has 1 aromatic carbocycles. The van der Waals surface area contributed by atoms with Gasteiger partial charge in [0.05, 0.1) is 0 Å². The summed E-state index contributed by atoms with van der Waals surface area (Å²) in [6.07, 6.45) is 9.40. The van der Waals surface area contributed by atoms with Crippen molar-refractivity contribution in [2.45, 2.75) is 54.5 Å². The molecule has 0 unspecified atom stereocenters. The van der Waals surface area contributed by atoms with E-state index in [0.717, 1.165) is 31.1 Å². The molecular formula is C25H38Cl2N2. The number of allylic oxidation sites excluding steroid dienone is 5. The predicted molar refractivity (Wildman–Crippen MR) is 132 cm³/mol. The molecule has 1 N–H and O–H groups in total. The maximum Gasteiger partial charge on any atom is 0.0472 e. The lowest BCUT2D eigenvalue weighted by Crippen LogP contribution is -2.30. The molecule has 0 saturated carbocycles. The zero-order valence-corrected chi connectivity index (χ0v) is 20.4. The van der Waals surface area contributed by atoms with E-state index in [0.29, 0.717) is 5.88 Å². The van der Waals surface area contributed by atoms with Gasteiger partial charge in [-0.25, -0.2) is 0 Å². The van der Waals surface area contributed by atoms with Crippen LogP contribution >= 0.6 is 23.2 Å². The summed E-state index contributed by atoms with van der Waals surface area (Å²) in [4.78, 5) is 2.40. The minimum Gasteiger partial charge on any atom is -0.347 e. The van der Waals surface area contributed by atoms with Gasteiger partial charge in [-0.1, -0.05) is 73.5 Å². The van der Waals surface area contributed by atoms with Crippen LogP contribution < -0.4 is 5.32 Å². The van der Waals surface area contributed by atoms with Crippen LogP contribution in [0.25, 0.3) is 0 Å². The van der Waals surface area contributed by atoms with E-state index in [-0.39, 0.29) is 0 Å². The van der Waals surface area contributed by atoms with Gasteiger partial charge < -0.3 is 10.2 Å². The first-order chi connectivity index (χ1) is 14.0. The minimum absolute atomic E-state index is 0.509. The van der Waals surface area contributed by atoms with Gasteiger partial charge in [-0.15, -0.1) is 11.6 Å². The van der Waals surface area contributed by atoms with Gasteiger partial charge in [0.1, 0.15) is 0 Å². The van der Waals surface area contributed by atoms with Gasteiger partial charge in [0.15, 0.2) is 0 Å². The highest BCUT2D eigenvalue weighted by Crippen LogP contribution is 2.21. The summed E-state index contributed by atoms with van der Waals surface area (Å²) in [7, 11) is 0. The number of halogens is 2. The predicted octanol–water partition coefficient (Wildman–Crippen LogP) is 7.63. The minimum atomic E-state index is 0.509. The summed E-state index contributed by atoms with van der Waals surface area (Å²) in [6, 6.07) is 10.7. The fourth-order valence-corrected chi connectivity index (χ4v) is 3.00. The molecule has 0 spiro atoms. The highest BCUT2D eigenvalue weighted by Gasteiger charge is 2.14. The third kappa shape index (κ3) is 12.6. The molecular weight excluding hydrogens is 399 g/mol. The van der Waals surface area contributed by atoms with Crippen molar-refractivity contribution in [1.29, 1.82) is 0 Å². The van der Waals surface area contributed by atoms with E-state index < -0.39 is 0 Å². The fraction of sp³-hybridized carbons (Fsp3) is 0.440. The molecule has 29 heavy (non-hydrogen) atoms. The van der Waals surface area contributed by atoms with E-state index >= 15 is 0 Å². The second-order valence-corrected chi connectivity index (χ2v) is 7.47. The quantitative estimate of drug-likeness (QED) is 0.364. The highest BCUT2D eigenvalue weighted by molar-refractivity contribution is 6.30. The van der Waals surface area contributed by atoms with Gasteiger partial charge in [0.25, 0.3) is 0 Å². The van der Waals surface area contributed by atoms with E-state index in [1.54, 1.807) is 13.0 Å². The molecule has 0 fully saturated rings. The van der Waals surface area contributed by atoms with E-state index in [4.69, 9.17) is 23.2 Å². The summed E-state index contributed by atoms with van der Waals surface area (Å²) < 4.78 is 0. The average molecular weight is 437 g/mol. The van der Waals surface area contributed by atoms with Gasteiger partial charge in [0.2, 0.25) is 0 Å². The Bertz CT molecular complexity index is 669. The first-order valence-electron chi connectivity index (χ1n) is 10.4. The maximum atomic E-state index is 5.35. The Labute approximate surface area is 189 Å². The van der Waals surface area contributed by atoms with E-state index in [1.165, 1.54) is 22.4 Å². The fourth-order valence-electron chi connectivity index (χ4n) is 2.62. The molecule has 1 aliphatic heterocycles. The van der Waals surface area contributed by atoms with E-state index in [9.17, 15) is 0 Å². The second kappa shape index (κ2) is 17.4. The Hall–Kier alpha value is -1.48. The molecule has 4 heteroatoms. The topological polar surface area (TPSA) is 15.3 Å². The third-order valence-corrected chi connectivity index (χ3v) is 4.60. The third-order valence-electron chi connectivity index (χ3n) is 4.29. The van der Waals surface area contributed by atoms with Crippen LogP contribution in [-0.4, -0.2) is 23.9 Å².